The van der Waals surface area contributed by atoms with Crippen LogP contribution in [0.2, 0.25) is 5.02 Å². The van der Waals surface area contributed by atoms with Crippen molar-refractivity contribution in [2.45, 2.75) is 77.1 Å². The van der Waals surface area contributed by atoms with Gasteiger partial charge in [0.25, 0.3) is 0 Å². The van der Waals surface area contributed by atoms with Crippen molar-refractivity contribution in [1.29, 1.82) is 0 Å². The van der Waals surface area contributed by atoms with Gasteiger partial charge in [0.1, 0.15) is 17.5 Å². The Balaban J connectivity index is 1.47. The van der Waals surface area contributed by atoms with Crippen molar-refractivity contribution in [3.8, 4) is 0 Å². The molecule has 1 aliphatic heterocycles. The molecule has 0 radical (unpaired) electrons. The Labute approximate surface area is 248 Å². The highest BCUT2D eigenvalue weighted by atomic mass is 35.5. The molecule has 1 aromatic carbocycles. The first-order chi connectivity index (χ1) is 19.9. The second kappa shape index (κ2) is 11.3. The number of rotatable bonds is 8. The van der Waals surface area contributed by atoms with Gasteiger partial charge in [-0.1, -0.05) is 18.5 Å². The van der Waals surface area contributed by atoms with Gasteiger partial charge in [0.2, 0.25) is 5.91 Å². The number of halogens is 1. The molecule has 4 N–H and O–H groups in total. The molecule has 3 heterocycles. The summed E-state index contributed by atoms with van der Waals surface area (Å²) in [5.41, 5.74) is 1.68. The first kappa shape index (κ1) is 29.4. The largest absolute Gasteiger partial charge is 0.465 e. The fourth-order valence-corrected chi connectivity index (χ4v) is 5.47. The number of nitrogens with one attached hydrogen (secondary N) is 3. The van der Waals surface area contributed by atoms with Crippen LogP contribution in [0.25, 0.3) is 11.2 Å². The van der Waals surface area contributed by atoms with E-state index in [2.05, 4.69) is 30.9 Å². The number of amides is 3. The molecule has 0 bridgehead atoms. The van der Waals surface area contributed by atoms with E-state index < -0.39 is 23.3 Å². The van der Waals surface area contributed by atoms with Gasteiger partial charge < -0.3 is 29.9 Å². The van der Waals surface area contributed by atoms with E-state index in [0.29, 0.717) is 42.1 Å². The van der Waals surface area contributed by atoms with Gasteiger partial charge >= 0.3 is 12.2 Å². The molecule has 3 amide bonds. The average Bonchev–Trinajstić information content (AvgIpc) is 3.46. The highest BCUT2D eigenvalue weighted by Gasteiger charge is 2.48. The second-order valence-corrected chi connectivity index (χ2v) is 12.2. The second-order valence-electron chi connectivity index (χ2n) is 11.7. The fraction of sp³-hybridized carbons (Fsp3) is 0.500. The third-order valence-corrected chi connectivity index (χ3v) is 7.54. The summed E-state index contributed by atoms with van der Waals surface area (Å²) in [6.07, 6.45) is 3.87. The molecule has 42 heavy (non-hydrogen) atoms. The quantitative estimate of drug-likeness (QED) is 0.301. The molecule has 5 rings (SSSR count). The molecular formula is C28H35ClN8O5. The number of carbonyl (C=O) groups excluding carboxylic acids is 2. The number of carboxylic acid groups (broad SMARTS) is 1. The van der Waals surface area contributed by atoms with Crippen molar-refractivity contribution < 1.29 is 24.2 Å². The summed E-state index contributed by atoms with van der Waals surface area (Å²) in [6.45, 7) is 8.31. The van der Waals surface area contributed by atoms with Crippen LogP contribution in [0.4, 0.5) is 21.1 Å². The van der Waals surface area contributed by atoms with Gasteiger partial charge in [0.05, 0.1) is 19.4 Å². The molecule has 0 spiro atoms. The molecule has 2 fully saturated rings. The zero-order valence-electron chi connectivity index (χ0n) is 24.0. The molecule has 3 aromatic rings. The minimum atomic E-state index is -1.28. The molecule has 14 heteroatoms. The Morgan fingerprint density at radius 2 is 1.95 bits per heavy atom. The molecule has 1 aliphatic carbocycles. The van der Waals surface area contributed by atoms with E-state index in [1.165, 1.54) is 6.33 Å². The number of ether oxygens (including phenoxy) is 1. The highest BCUT2D eigenvalue weighted by Crippen LogP contribution is 2.36. The average molecular weight is 599 g/mol. The number of hydrogen-bond donors (Lipinski definition) is 4. The first-order valence-electron chi connectivity index (χ1n) is 13.9. The number of aromatic nitrogens is 4. The maximum absolute atomic E-state index is 13.2. The molecule has 224 valence electrons. The van der Waals surface area contributed by atoms with Crippen molar-refractivity contribution >= 4 is 52.4 Å². The van der Waals surface area contributed by atoms with Gasteiger partial charge in [-0.2, -0.15) is 0 Å². The molecular weight excluding hydrogens is 564 g/mol. The van der Waals surface area contributed by atoms with Gasteiger partial charge in [-0.25, -0.2) is 24.5 Å². The van der Waals surface area contributed by atoms with E-state index in [1.807, 2.05) is 28.5 Å². The predicted octanol–water partition coefficient (Wildman–Crippen LogP) is 3.93. The molecule has 1 unspecified atom stereocenters. The summed E-state index contributed by atoms with van der Waals surface area (Å²) in [6, 6.07) is 3.84. The van der Waals surface area contributed by atoms with Crippen LogP contribution in [0, 0.1) is 0 Å². The van der Waals surface area contributed by atoms with Crippen molar-refractivity contribution in [1.82, 2.24) is 30.2 Å². The lowest BCUT2D eigenvalue weighted by Crippen LogP contribution is -2.60. The summed E-state index contributed by atoms with van der Waals surface area (Å²) in [7, 11) is 0. The van der Waals surface area contributed by atoms with E-state index in [4.69, 9.17) is 16.3 Å². The third-order valence-electron chi connectivity index (χ3n) is 7.32. The number of benzene rings is 1. The molecule has 1 atom stereocenters. The number of aryl methyl sites for hydroxylation is 1. The van der Waals surface area contributed by atoms with Crippen LogP contribution in [-0.2, 0) is 22.5 Å². The highest BCUT2D eigenvalue weighted by molar-refractivity contribution is 6.31. The zero-order chi connectivity index (χ0) is 30.2. The fourth-order valence-electron chi connectivity index (χ4n) is 5.23. The van der Waals surface area contributed by atoms with E-state index in [1.54, 1.807) is 27.1 Å². The predicted molar refractivity (Wildman–Crippen MR) is 157 cm³/mol. The van der Waals surface area contributed by atoms with Crippen LogP contribution in [-0.4, -0.2) is 73.0 Å². The molecule has 2 aliphatic rings. The number of anilines is 2. The number of hydrogen-bond acceptors (Lipinski definition) is 8. The van der Waals surface area contributed by atoms with E-state index >= 15 is 0 Å². The number of carbonyl (C=O) groups is 3. The van der Waals surface area contributed by atoms with E-state index in [-0.39, 0.29) is 24.3 Å². The maximum Gasteiger partial charge on any atom is 0.413 e. The van der Waals surface area contributed by atoms with Crippen LogP contribution in [0.1, 0.15) is 58.1 Å². The Bertz CT molecular complexity index is 1530. The van der Waals surface area contributed by atoms with Crippen molar-refractivity contribution in [2.24, 2.45) is 0 Å². The number of nitrogens with zero attached hydrogens (tertiary/aromatic N) is 5. The van der Waals surface area contributed by atoms with Gasteiger partial charge in [-0.05, 0) is 69.7 Å². The summed E-state index contributed by atoms with van der Waals surface area (Å²) < 4.78 is 7.20. The SMILES string of the molecule is CCc1cc(Cl)cc(N2CCC(NC(=O)O)(C(=O)NC3CC3)C2)c1Cn1cnc2c(NC(=O)OC(C)(C)C)ncnc21. The van der Waals surface area contributed by atoms with E-state index in [9.17, 15) is 19.5 Å². The molecule has 13 nitrogen and oxygen atoms in total. The van der Waals surface area contributed by atoms with Gasteiger partial charge in [0.15, 0.2) is 17.0 Å². The van der Waals surface area contributed by atoms with Crippen molar-refractivity contribution in [3.05, 3.63) is 40.9 Å². The van der Waals surface area contributed by atoms with Gasteiger partial charge in [-0.3, -0.25) is 10.1 Å². The lowest BCUT2D eigenvalue weighted by Gasteiger charge is -2.30. The van der Waals surface area contributed by atoms with Gasteiger partial charge in [-0.15, -0.1) is 0 Å². The molecule has 1 saturated carbocycles. The van der Waals surface area contributed by atoms with Crippen LogP contribution in [0.5, 0.6) is 0 Å². The summed E-state index contributed by atoms with van der Waals surface area (Å²) >= 11 is 6.56. The smallest absolute Gasteiger partial charge is 0.413 e. The van der Waals surface area contributed by atoms with E-state index in [0.717, 1.165) is 29.7 Å². The molecule has 2 aromatic heterocycles. The first-order valence-corrected chi connectivity index (χ1v) is 14.3. The Kier molecular flexibility index (Phi) is 7.88. The normalized spacial score (nSPS) is 18.6. The summed E-state index contributed by atoms with van der Waals surface area (Å²) in [4.78, 5) is 52.5. The topological polar surface area (TPSA) is 164 Å². The minimum Gasteiger partial charge on any atom is -0.465 e. The summed E-state index contributed by atoms with van der Waals surface area (Å²) in [5.74, 6) is -0.0812. The molecule has 1 saturated heterocycles. The Hall–Kier alpha value is -4.13. The van der Waals surface area contributed by atoms with Crippen LogP contribution >= 0.6 is 11.6 Å². The lowest BCUT2D eigenvalue weighted by molar-refractivity contribution is -0.126. The maximum atomic E-state index is 13.2. The van der Waals surface area contributed by atoms with Crippen molar-refractivity contribution in [2.75, 3.05) is 23.3 Å². The van der Waals surface area contributed by atoms with Crippen LogP contribution in [0.3, 0.4) is 0 Å². The van der Waals surface area contributed by atoms with Gasteiger partial charge in [0, 0.05) is 23.3 Å². The monoisotopic (exact) mass is 598 g/mol. The third kappa shape index (κ3) is 6.35. The standard InChI is InChI=1S/C28H35ClN8O5/c1-5-16-10-17(29)11-20(36-9-8-28(13-36,35-25(39)40)24(38)33-18-6-7-18)19(16)12-37-15-32-21-22(30-14-31-23(21)37)34-26(41)42-27(2,3)4/h10-11,14-15,18,35H,5-9,12-13H2,1-4H3,(H,33,38)(H,39,40)(H,30,31,34,41). The van der Waals surface area contributed by atoms with Crippen molar-refractivity contribution in [3.63, 3.8) is 0 Å². The van der Waals surface area contributed by atoms with Crippen LogP contribution < -0.4 is 20.9 Å². The Morgan fingerprint density at radius 3 is 2.62 bits per heavy atom. The zero-order valence-corrected chi connectivity index (χ0v) is 24.8. The summed E-state index contributed by atoms with van der Waals surface area (Å²) in [5, 5.41) is 18.3. The lowest BCUT2D eigenvalue weighted by atomic mass is 9.97. The Morgan fingerprint density at radius 1 is 1.19 bits per heavy atom. The minimum absolute atomic E-state index is 0.0960. The number of imidazole rings is 1. The van der Waals surface area contributed by atoms with Crippen LogP contribution in [0.15, 0.2) is 24.8 Å². The number of fused-ring (bicyclic) bond motifs is 1.